The fourth-order valence-corrected chi connectivity index (χ4v) is 2.79. The Morgan fingerprint density at radius 1 is 1.28 bits per heavy atom. The second-order valence-electron chi connectivity index (χ2n) is 7.34. The summed E-state index contributed by atoms with van der Waals surface area (Å²) >= 11 is 0. The first kappa shape index (κ1) is 15.6. The maximum atomic E-state index is 12.8. The van der Waals surface area contributed by atoms with Gasteiger partial charge < -0.3 is 9.51 Å². The Morgan fingerprint density at radius 2 is 2.08 bits per heavy atom. The number of fused-ring (bicyclic) bond motifs is 3. The Morgan fingerprint density at radius 3 is 2.80 bits per heavy atom. The van der Waals surface area contributed by atoms with Gasteiger partial charge in [-0.3, -0.25) is 9.36 Å². The van der Waals surface area contributed by atoms with Crippen LogP contribution in [0.1, 0.15) is 38.0 Å². The van der Waals surface area contributed by atoms with Crippen LogP contribution in [-0.2, 0) is 12.0 Å². The Bertz CT molecular complexity index is 1140. The second-order valence-corrected chi connectivity index (χ2v) is 7.34. The van der Waals surface area contributed by atoms with Gasteiger partial charge in [0, 0.05) is 16.3 Å². The monoisotopic (exact) mass is 337 g/mol. The number of aromatic amines is 1. The summed E-state index contributed by atoms with van der Waals surface area (Å²) in [4.78, 5) is 24.8. The minimum atomic E-state index is -0.204. The van der Waals surface area contributed by atoms with Crippen molar-refractivity contribution in [2.45, 2.75) is 39.7 Å². The smallest absolute Gasteiger partial charge is 0.278 e. The molecule has 0 atom stereocenters. The van der Waals surface area contributed by atoms with Gasteiger partial charge >= 0.3 is 0 Å². The average Bonchev–Trinajstić information content (AvgIpc) is 3.14. The summed E-state index contributed by atoms with van der Waals surface area (Å²) in [5.41, 5.74) is 2.83. The standard InChI is InChI=1S/C18H19N5O2/c1-10-5-6-12-11(7-10)14-15(20-12)16(24)23(9-19-14)8-13-21-17(22-25-13)18(2,3)4/h5-7,9,20H,8H2,1-4H3. The lowest BCUT2D eigenvalue weighted by Gasteiger charge is -2.10. The molecule has 1 N–H and O–H groups in total. The maximum absolute atomic E-state index is 12.8. The van der Waals surface area contributed by atoms with Crippen LogP contribution in [0.15, 0.2) is 33.8 Å². The number of hydrogen-bond donors (Lipinski definition) is 1. The van der Waals surface area contributed by atoms with Crippen LogP contribution in [0.4, 0.5) is 0 Å². The summed E-state index contributed by atoms with van der Waals surface area (Å²) in [7, 11) is 0. The lowest BCUT2D eigenvalue weighted by atomic mass is 9.96. The van der Waals surface area contributed by atoms with Gasteiger partial charge in [-0.25, -0.2) is 4.98 Å². The van der Waals surface area contributed by atoms with E-state index in [4.69, 9.17) is 4.52 Å². The molecule has 4 aromatic rings. The van der Waals surface area contributed by atoms with E-state index < -0.39 is 0 Å². The number of H-pyrrole nitrogens is 1. The predicted molar refractivity (Wildman–Crippen MR) is 94.7 cm³/mol. The molecule has 7 nitrogen and oxygen atoms in total. The molecule has 0 amide bonds. The van der Waals surface area contributed by atoms with Crippen LogP contribution in [0, 0.1) is 6.92 Å². The van der Waals surface area contributed by atoms with Gasteiger partial charge in [0.2, 0.25) is 5.89 Å². The lowest BCUT2D eigenvalue weighted by Crippen LogP contribution is -2.21. The quantitative estimate of drug-likeness (QED) is 0.607. The summed E-state index contributed by atoms with van der Waals surface area (Å²) in [6.45, 7) is 8.23. The third-order valence-electron chi connectivity index (χ3n) is 4.17. The highest BCUT2D eigenvalue weighted by molar-refractivity contribution is 6.04. The van der Waals surface area contributed by atoms with Crippen LogP contribution >= 0.6 is 0 Å². The molecule has 0 spiro atoms. The van der Waals surface area contributed by atoms with Gasteiger partial charge in [-0.2, -0.15) is 4.98 Å². The van der Waals surface area contributed by atoms with Crippen molar-refractivity contribution < 1.29 is 4.52 Å². The first-order chi connectivity index (χ1) is 11.8. The van der Waals surface area contributed by atoms with Crippen LogP contribution < -0.4 is 5.56 Å². The number of aryl methyl sites for hydroxylation is 1. The van der Waals surface area contributed by atoms with Crippen LogP contribution in [0.5, 0.6) is 0 Å². The molecule has 25 heavy (non-hydrogen) atoms. The zero-order chi connectivity index (χ0) is 17.8. The molecule has 0 bridgehead atoms. The second kappa shape index (κ2) is 5.27. The number of benzene rings is 1. The average molecular weight is 337 g/mol. The molecule has 0 aliphatic heterocycles. The van der Waals surface area contributed by atoms with Crippen molar-refractivity contribution in [2.75, 3.05) is 0 Å². The van der Waals surface area contributed by atoms with Crippen molar-refractivity contribution in [3.05, 3.63) is 52.2 Å². The van der Waals surface area contributed by atoms with Crippen molar-refractivity contribution in [3.8, 4) is 0 Å². The highest BCUT2D eigenvalue weighted by Crippen LogP contribution is 2.22. The highest BCUT2D eigenvalue weighted by atomic mass is 16.5. The van der Waals surface area contributed by atoms with E-state index in [9.17, 15) is 4.79 Å². The molecule has 0 unspecified atom stereocenters. The molecule has 0 saturated carbocycles. The Hall–Kier alpha value is -2.96. The van der Waals surface area contributed by atoms with Crippen LogP contribution in [0.25, 0.3) is 21.9 Å². The normalized spacial score (nSPS) is 12.3. The molecule has 0 saturated heterocycles. The van der Waals surface area contributed by atoms with E-state index in [1.54, 1.807) is 0 Å². The molecule has 0 aliphatic rings. The van der Waals surface area contributed by atoms with E-state index in [0.717, 1.165) is 16.5 Å². The number of rotatable bonds is 2. The fraction of sp³-hybridized carbons (Fsp3) is 0.333. The Labute approximate surface area is 143 Å². The van der Waals surface area contributed by atoms with E-state index in [1.807, 2.05) is 45.9 Å². The zero-order valence-electron chi connectivity index (χ0n) is 14.6. The molecule has 0 fully saturated rings. The van der Waals surface area contributed by atoms with Crippen molar-refractivity contribution >= 4 is 21.9 Å². The summed E-state index contributed by atoms with van der Waals surface area (Å²) in [6.07, 6.45) is 1.53. The van der Waals surface area contributed by atoms with Gasteiger partial charge in [-0.15, -0.1) is 0 Å². The topological polar surface area (TPSA) is 89.6 Å². The largest absolute Gasteiger partial charge is 0.349 e. The number of hydrogen-bond acceptors (Lipinski definition) is 5. The Kier molecular flexibility index (Phi) is 3.28. The molecule has 7 heteroatoms. The van der Waals surface area contributed by atoms with Crippen LogP contribution in [0.2, 0.25) is 0 Å². The molecule has 3 heterocycles. The third kappa shape index (κ3) is 2.61. The van der Waals surface area contributed by atoms with Crippen molar-refractivity contribution in [1.82, 2.24) is 24.7 Å². The third-order valence-corrected chi connectivity index (χ3v) is 4.17. The summed E-state index contributed by atoms with van der Waals surface area (Å²) in [5.74, 6) is 1.01. The van der Waals surface area contributed by atoms with E-state index in [2.05, 4.69) is 20.1 Å². The van der Waals surface area contributed by atoms with Gasteiger partial charge in [0.15, 0.2) is 5.82 Å². The lowest BCUT2D eigenvalue weighted by molar-refractivity contribution is 0.356. The van der Waals surface area contributed by atoms with Gasteiger partial charge in [0.25, 0.3) is 5.56 Å². The van der Waals surface area contributed by atoms with Crippen molar-refractivity contribution in [1.29, 1.82) is 0 Å². The molecule has 3 aromatic heterocycles. The maximum Gasteiger partial charge on any atom is 0.278 e. The molecule has 1 aromatic carbocycles. The number of aromatic nitrogens is 5. The summed E-state index contributed by atoms with van der Waals surface area (Å²) < 4.78 is 6.75. The van der Waals surface area contributed by atoms with Gasteiger partial charge in [0.1, 0.15) is 17.6 Å². The number of nitrogens with zero attached hydrogens (tertiary/aromatic N) is 4. The molecule has 0 aliphatic carbocycles. The first-order valence-corrected chi connectivity index (χ1v) is 8.13. The van der Waals surface area contributed by atoms with Gasteiger partial charge in [-0.1, -0.05) is 37.6 Å². The van der Waals surface area contributed by atoms with Crippen molar-refractivity contribution in [2.24, 2.45) is 0 Å². The highest BCUT2D eigenvalue weighted by Gasteiger charge is 2.21. The Balaban J connectivity index is 1.78. The molecule has 4 rings (SSSR count). The molecular weight excluding hydrogens is 318 g/mol. The molecule has 128 valence electrons. The van der Waals surface area contributed by atoms with Crippen LogP contribution in [-0.4, -0.2) is 24.7 Å². The zero-order valence-corrected chi connectivity index (χ0v) is 14.6. The van der Waals surface area contributed by atoms with Crippen molar-refractivity contribution in [3.63, 3.8) is 0 Å². The van der Waals surface area contributed by atoms with Crippen LogP contribution in [0.3, 0.4) is 0 Å². The minimum Gasteiger partial charge on any atom is -0.349 e. The molecule has 0 radical (unpaired) electrons. The number of nitrogens with one attached hydrogen (secondary N) is 1. The van der Waals surface area contributed by atoms with Gasteiger partial charge in [0.05, 0.1) is 6.33 Å². The first-order valence-electron chi connectivity index (χ1n) is 8.13. The SMILES string of the molecule is Cc1ccc2[nH]c3c(=O)n(Cc4nc(C(C)(C)C)no4)cnc3c2c1. The fourth-order valence-electron chi connectivity index (χ4n) is 2.79. The van der Waals surface area contributed by atoms with E-state index in [1.165, 1.54) is 10.9 Å². The van der Waals surface area contributed by atoms with Gasteiger partial charge in [-0.05, 0) is 19.1 Å². The van der Waals surface area contributed by atoms with E-state index >= 15 is 0 Å². The van der Waals surface area contributed by atoms with E-state index in [0.29, 0.717) is 22.7 Å². The molecular formula is C18H19N5O2. The summed E-state index contributed by atoms with van der Waals surface area (Å²) in [5, 5.41) is 4.94. The summed E-state index contributed by atoms with van der Waals surface area (Å²) in [6, 6.07) is 5.99. The predicted octanol–water partition coefficient (Wildman–Crippen LogP) is 2.92. The minimum absolute atomic E-state index is 0.158. The van der Waals surface area contributed by atoms with E-state index in [-0.39, 0.29) is 17.5 Å².